The average Bonchev–Trinajstić information content (AvgIpc) is 2.90. The van der Waals surface area contributed by atoms with Gasteiger partial charge in [-0.2, -0.15) is 0 Å². The smallest absolute Gasteiger partial charge is 0.0809 e. The van der Waals surface area contributed by atoms with Crippen molar-refractivity contribution >= 4 is 140 Å². The molecular formula is C24H24Cl10N2S2. The summed E-state index contributed by atoms with van der Waals surface area (Å²) < 4.78 is 7.07. The van der Waals surface area contributed by atoms with Gasteiger partial charge in [0.1, 0.15) is 0 Å². The monoisotopic (exact) mass is 754 g/mol. The zero-order valence-electron chi connectivity index (χ0n) is 19.8. The van der Waals surface area contributed by atoms with Gasteiger partial charge < -0.3 is 0 Å². The zero-order valence-corrected chi connectivity index (χ0v) is 29.0. The highest BCUT2D eigenvalue weighted by Crippen LogP contribution is 2.48. The van der Waals surface area contributed by atoms with Crippen molar-refractivity contribution in [1.29, 1.82) is 0 Å². The van der Waals surface area contributed by atoms with Crippen molar-refractivity contribution in [3.05, 3.63) is 50.2 Å². The molecule has 2 aromatic carbocycles. The van der Waals surface area contributed by atoms with Crippen molar-refractivity contribution in [2.75, 3.05) is 0 Å². The van der Waals surface area contributed by atoms with Gasteiger partial charge in [0.2, 0.25) is 0 Å². The minimum atomic E-state index is 0.159. The fourth-order valence-electron chi connectivity index (χ4n) is 4.07. The Morgan fingerprint density at radius 1 is 0.368 bits per heavy atom. The van der Waals surface area contributed by atoms with Gasteiger partial charge in [-0.1, -0.05) is 155 Å². The van der Waals surface area contributed by atoms with Crippen molar-refractivity contribution < 1.29 is 0 Å². The van der Waals surface area contributed by atoms with Crippen LogP contribution in [0.4, 0.5) is 0 Å². The van der Waals surface area contributed by atoms with E-state index in [2.05, 4.69) is 9.44 Å². The van der Waals surface area contributed by atoms with Gasteiger partial charge >= 0.3 is 0 Å². The van der Waals surface area contributed by atoms with E-state index < -0.39 is 0 Å². The summed E-state index contributed by atoms with van der Waals surface area (Å²) in [5.41, 5.74) is 0. The fraction of sp³-hybridized carbons (Fsp3) is 0.500. The van der Waals surface area contributed by atoms with Crippen LogP contribution in [-0.4, -0.2) is 12.1 Å². The summed E-state index contributed by atoms with van der Waals surface area (Å²) in [7, 11) is 0. The van der Waals surface area contributed by atoms with Crippen molar-refractivity contribution in [2.24, 2.45) is 0 Å². The first-order chi connectivity index (χ1) is 18.0. The molecule has 0 aliphatic heterocycles. The third-order valence-electron chi connectivity index (χ3n) is 6.20. The molecule has 212 valence electrons. The summed E-state index contributed by atoms with van der Waals surface area (Å²) in [5.74, 6) is 0. The van der Waals surface area contributed by atoms with E-state index in [0.717, 1.165) is 64.2 Å². The maximum Gasteiger partial charge on any atom is 0.0809 e. The van der Waals surface area contributed by atoms with Crippen molar-refractivity contribution in [1.82, 2.24) is 9.44 Å². The lowest BCUT2D eigenvalue weighted by atomic mass is 9.96. The quantitative estimate of drug-likeness (QED) is 0.174. The number of halogens is 10. The van der Waals surface area contributed by atoms with Crippen molar-refractivity contribution in [3.8, 4) is 0 Å². The van der Waals surface area contributed by atoms with Gasteiger partial charge in [0, 0.05) is 12.1 Å². The second-order valence-corrected chi connectivity index (χ2v) is 14.4. The highest BCUT2D eigenvalue weighted by atomic mass is 35.5. The Kier molecular flexibility index (Phi) is 15.2. The van der Waals surface area contributed by atoms with Crippen LogP contribution in [0, 0.1) is 0 Å². The SMILES string of the molecule is Clc1c(Cl)c(Cl)c(SNC2CCCCCCC(NSc3c(Cl)c(Cl)c(Cl)c(Cl)c3Cl)CCCC2)c(Cl)c1Cl. The molecule has 2 aromatic rings. The van der Waals surface area contributed by atoms with Gasteiger partial charge in [-0.05, 0) is 49.6 Å². The summed E-state index contributed by atoms with van der Waals surface area (Å²) in [6.07, 6.45) is 10.8. The van der Waals surface area contributed by atoms with Gasteiger partial charge in [-0.15, -0.1) is 0 Å². The number of hydrogen-bond donors (Lipinski definition) is 2. The summed E-state index contributed by atoms with van der Waals surface area (Å²) >= 11 is 65.5. The number of rotatable bonds is 6. The number of hydrogen-bond acceptors (Lipinski definition) is 4. The molecule has 0 bridgehead atoms. The van der Waals surface area contributed by atoms with E-state index in [1.54, 1.807) is 0 Å². The topological polar surface area (TPSA) is 24.1 Å². The van der Waals surface area contributed by atoms with Crippen LogP contribution in [0.25, 0.3) is 0 Å². The highest BCUT2D eigenvalue weighted by molar-refractivity contribution is 7.98. The second kappa shape index (κ2) is 16.7. The predicted molar refractivity (Wildman–Crippen MR) is 175 cm³/mol. The maximum atomic E-state index is 6.41. The molecule has 2 N–H and O–H groups in total. The minimum absolute atomic E-state index is 0.159. The standard InChI is InChI=1S/C24H24Cl10N2S2/c25-13-15(27)19(31)23(20(32)16(13)28)37-35-11-7-3-1-2-4-8-12(10-6-5-9-11)36-38-24-21(33)17(29)14(26)18(30)22(24)34/h11-12,35-36H,1-10H2. The lowest BCUT2D eigenvalue weighted by Crippen LogP contribution is -2.25. The Morgan fingerprint density at radius 3 is 0.895 bits per heavy atom. The van der Waals surface area contributed by atoms with Gasteiger partial charge in [-0.3, -0.25) is 9.44 Å². The Labute approximate surface area is 283 Å². The molecular weight excluding hydrogens is 735 g/mol. The number of benzene rings is 2. The van der Waals surface area contributed by atoms with Gasteiger partial charge in [-0.25, -0.2) is 0 Å². The number of nitrogens with one attached hydrogen (secondary N) is 2. The van der Waals surface area contributed by atoms with Crippen LogP contribution in [0.2, 0.25) is 50.2 Å². The molecule has 0 aromatic heterocycles. The van der Waals surface area contributed by atoms with E-state index >= 15 is 0 Å². The third-order valence-corrected chi connectivity index (χ3v) is 13.3. The van der Waals surface area contributed by atoms with E-state index in [9.17, 15) is 0 Å². The van der Waals surface area contributed by atoms with E-state index in [0.29, 0.717) is 29.9 Å². The molecule has 2 nitrogen and oxygen atoms in total. The summed E-state index contributed by atoms with van der Waals surface area (Å²) in [6, 6.07) is 0.577. The van der Waals surface area contributed by atoms with Crippen LogP contribution in [0.5, 0.6) is 0 Å². The first-order valence-electron chi connectivity index (χ1n) is 11.9. The van der Waals surface area contributed by atoms with Gasteiger partial charge in [0.25, 0.3) is 0 Å². The first-order valence-corrected chi connectivity index (χ1v) is 17.3. The maximum absolute atomic E-state index is 6.41. The molecule has 1 aliphatic rings. The normalized spacial score (nSPS) is 19.7. The van der Waals surface area contributed by atoms with Crippen LogP contribution in [-0.2, 0) is 0 Å². The summed E-state index contributed by atoms with van der Waals surface area (Å²) in [6.45, 7) is 0. The van der Waals surface area contributed by atoms with Crippen molar-refractivity contribution in [3.63, 3.8) is 0 Å². The highest BCUT2D eigenvalue weighted by Gasteiger charge is 2.23. The first kappa shape index (κ1) is 34.5. The molecule has 0 radical (unpaired) electrons. The molecule has 14 heteroatoms. The molecule has 0 amide bonds. The van der Waals surface area contributed by atoms with Crippen LogP contribution < -0.4 is 9.44 Å². The molecule has 1 fully saturated rings. The third kappa shape index (κ3) is 8.99. The fourth-order valence-corrected chi connectivity index (χ4v) is 8.85. The van der Waals surface area contributed by atoms with E-state index in [1.165, 1.54) is 23.9 Å². The summed E-state index contributed by atoms with van der Waals surface area (Å²) in [5, 5.41) is 2.32. The Bertz CT molecular complexity index is 989. The Balaban J connectivity index is 1.59. The Morgan fingerprint density at radius 2 is 0.605 bits per heavy atom. The second-order valence-electron chi connectivity index (χ2n) is 8.91. The zero-order chi connectivity index (χ0) is 28.0. The Hall–Kier alpha value is 1.96. The van der Waals surface area contributed by atoms with Crippen LogP contribution in [0.15, 0.2) is 9.79 Å². The van der Waals surface area contributed by atoms with E-state index in [4.69, 9.17) is 116 Å². The lowest BCUT2D eigenvalue weighted by molar-refractivity contribution is 0.422. The molecule has 3 rings (SSSR count). The van der Waals surface area contributed by atoms with Gasteiger partial charge in [0.15, 0.2) is 0 Å². The molecule has 1 aliphatic carbocycles. The largest absolute Gasteiger partial charge is 0.257 e. The van der Waals surface area contributed by atoms with Crippen LogP contribution >= 0.6 is 140 Å². The van der Waals surface area contributed by atoms with Gasteiger partial charge in [0.05, 0.1) is 60.0 Å². The molecule has 38 heavy (non-hydrogen) atoms. The van der Waals surface area contributed by atoms with Crippen LogP contribution in [0.1, 0.15) is 64.2 Å². The molecule has 2 atom stereocenters. The lowest BCUT2D eigenvalue weighted by Gasteiger charge is -2.23. The molecule has 0 spiro atoms. The molecule has 0 heterocycles. The van der Waals surface area contributed by atoms with E-state index in [-0.39, 0.29) is 42.2 Å². The van der Waals surface area contributed by atoms with E-state index in [1.807, 2.05) is 0 Å². The predicted octanol–water partition coefficient (Wildman–Crippen LogP) is 13.8. The summed E-state index contributed by atoms with van der Waals surface area (Å²) in [4.78, 5) is 1.17. The molecule has 0 saturated heterocycles. The molecule has 1 saturated carbocycles. The minimum Gasteiger partial charge on any atom is -0.257 e. The van der Waals surface area contributed by atoms with Crippen molar-refractivity contribution in [2.45, 2.75) is 86.1 Å². The average molecular weight is 759 g/mol. The van der Waals surface area contributed by atoms with Crippen LogP contribution in [0.3, 0.4) is 0 Å². The molecule has 2 unspecified atom stereocenters.